The largest absolute Gasteiger partial charge is 0.504 e. The molecule has 0 aliphatic heterocycles. The first-order chi connectivity index (χ1) is 6.72. The number of phenols is 2. The second-order valence-corrected chi connectivity index (χ2v) is 4.26. The smallest absolute Gasteiger partial charge is 0.166 e. The van der Waals surface area contributed by atoms with Crippen molar-refractivity contribution in [2.45, 2.75) is 6.42 Å². The average Bonchev–Trinajstić information content (AvgIpc) is 2.56. The van der Waals surface area contributed by atoms with E-state index in [1.807, 2.05) is 6.07 Å². The zero-order valence-corrected chi connectivity index (χ0v) is 8.34. The molecule has 4 N–H and O–H groups in total. The third-order valence-electron chi connectivity index (χ3n) is 2.09. The topological polar surface area (TPSA) is 66.5 Å². The molecule has 0 aliphatic carbocycles. The van der Waals surface area contributed by atoms with Gasteiger partial charge in [-0.1, -0.05) is 0 Å². The second kappa shape index (κ2) is 3.48. The number of fused-ring (bicyclic) bond motifs is 1. The van der Waals surface area contributed by atoms with Crippen molar-refractivity contribution >= 4 is 21.4 Å². The second-order valence-electron chi connectivity index (χ2n) is 3.10. The molecular formula is C10H11NO2S. The van der Waals surface area contributed by atoms with Gasteiger partial charge in [-0.2, -0.15) is 0 Å². The molecule has 0 unspecified atom stereocenters. The van der Waals surface area contributed by atoms with Gasteiger partial charge in [-0.25, -0.2) is 0 Å². The maximum atomic E-state index is 9.57. The molecule has 0 fully saturated rings. The molecule has 74 valence electrons. The van der Waals surface area contributed by atoms with E-state index in [9.17, 15) is 10.2 Å². The van der Waals surface area contributed by atoms with Crippen LogP contribution in [-0.4, -0.2) is 16.8 Å². The molecular weight excluding hydrogens is 198 g/mol. The molecule has 0 bridgehead atoms. The molecule has 0 saturated heterocycles. The molecule has 0 radical (unpaired) electrons. The van der Waals surface area contributed by atoms with Gasteiger partial charge in [0.05, 0.1) is 0 Å². The maximum absolute atomic E-state index is 9.57. The van der Waals surface area contributed by atoms with Crippen LogP contribution < -0.4 is 5.73 Å². The molecule has 0 atom stereocenters. The van der Waals surface area contributed by atoms with E-state index in [1.54, 1.807) is 17.4 Å². The van der Waals surface area contributed by atoms with Crippen LogP contribution in [0.15, 0.2) is 18.2 Å². The fourth-order valence-corrected chi connectivity index (χ4v) is 2.48. The highest BCUT2D eigenvalue weighted by Crippen LogP contribution is 2.37. The summed E-state index contributed by atoms with van der Waals surface area (Å²) in [6.45, 7) is 0.597. The molecule has 14 heavy (non-hydrogen) atoms. The van der Waals surface area contributed by atoms with E-state index in [0.717, 1.165) is 16.0 Å². The highest BCUT2D eigenvalue weighted by Gasteiger charge is 2.08. The SMILES string of the molecule is NCCc1cc2c(O)c(O)ccc2s1. The van der Waals surface area contributed by atoms with Gasteiger partial charge in [0.25, 0.3) is 0 Å². The lowest BCUT2D eigenvalue weighted by Gasteiger charge is -1.96. The van der Waals surface area contributed by atoms with Crippen molar-refractivity contribution in [1.82, 2.24) is 0 Å². The molecule has 4 heteroatoms. The van der Waals surface area contributed by atoms with Crippen LogP contribution in [0.4, 0.5) is 0 Å². The molecule has 2 rings (SSSR count). The van der Waals surface area contributed by atoms with Crippen LogP contribution in [0.5, 0.6) is 11.5 Å². The lowest BCUT2D eigenvalue weighted by Crippen LogP contribution is -2.00. The molecule has 1 heterocycles. The minimum absolute atomic E-state index is 0.0398. The Labute approximate surface area is 85.4 Å². The Hall–Kier alpha value is -1.26. The monoisotopic (exact) mass is 209 g/mol. The predicted molar refractivity (Wildman–Crippen MR) is 57.9 cm³/mol. The lowest BCUT2D eigenvalue weighted by atomic mass is 10.2. The van der Waals surface area contributed by atoms with Crippen LogP contribution in [0.25, 0.3) is 10.1 Å². The van der Waals surface area contributed by atoms with Crippen LogP contribution in [0.2, 0.25) is 0 Å². The van der Waals surface area contributed by atoms with E-state index >= 15 is 0 Å². The number of aromatic hydroxyl groups is 2. The fraction of sp³-hybridized carbons (Fsp3) is 0.200. The zero-order chi connectivity index (χ0) is 10.1. The number of benzene rings is 1. The third kappa shape index (κ3) is 1.42. The molecule has 1 aromatic carbocycles. The van der Waals surface area contributed by atoms with Crippen molar-refractivity contribution in [3.8, 4) is 11.5 Å². The Morgan fingerprint density at radius 2 is 2.07 bits per heavy atom. The van der Waals surface area contributed by atoms with Gasteiger partial charge >= 0.3 is 0 Å². The minimum Gasteiger partial charge on any atom is -0.504 e. The minimum atomic E-state index is -0.0744. The van der Waals surface area contributed by atoms with Gasteiger partial charge in [0.1, 0.15) is 0 Å². The summed E-state index contributed by atoms with van der Waals surface area (Å²) in [6, 6.07) is 5.18. The van der Waals surface area contributed by atoms with Gasteiger partial charge in [-0.15, -0.1) is 11.3 Å². The van der Waals surface area contributed by atoms with Gasteiger partial charge in [-0.3, -0.25) is 0 Å². The van der Waals surface area contributed by atoms with Gasteiger partial charge in [0.15, 0.2) is 11.5 Å². The Balaban J connectivity index is 2.59. The van der Waals surface area contributed by atoms with E-state index in [1.165, 1.54) is 6.07 Å². The number of nitrogens with two attached hydrogens (primary N) is 1. The lowest BCUT2D eigenvalue weighted by molar-refractivity contribution is 0.408. The number of thiophene rings is 1. The van der Waals surface area contributed by atoms with Crippen molar-refractivity contribution in [3.63, 3.8) is 0 Å². The summed E-state index contributed by atoms with van der Waals surface area (Å²) in [7, 11) is 0. The summed E-state index contributed by atoms with van der Waals surface area (Å²) in [6.07, 6.45) is 0.805. The highest BCUT2D eigenvalue weighted by molar-refractivity contribution is 7.19. The highest BCUT2D eigenvalue weighted by atomic mass is 32.1. The number of hydrogen-bond acceptors (Lipinski definition) is 4. The normalized spacial score (nSPS) is 10.9. The zero-order valence-electron chi connectivity index (χ0n) is 7.53. The summed E-state index contributed by atoms with van der Waals surface area (Å²) < 4.78 is 0.976. The Morgan fingerprint density at radius 1 is 1.29 bits per heavy atom. The quantitative estimate of drug-likeness (QED) is 0.661. The van der Waals surface area contributed by atoms with E-state index in [4.69, 9.17) is 5.73 Å². The first-order valence-corrected chi connectivity index (χ1v) is 5.17. The maximum Gasteiger partial charge on any atom is 0.166 e. The fourth-order valence-electron chi connectivity index (χ4n) is 1.40. The molecule has 0 amide bonds. The Morgan fingerprint density at radius 3 is 2.79 bits per heavy atom. The van der Waals surface area contributed by atoms with Crippen molar-refractivity contribution < 1.29 is 10.2 Å². The van der Waals surface area contributed by atoms with E-state index in [-0.39, 0.29) is 11.5 Å². The van der Waals surface area contributed by atoms with E-state index in [2.05, 4.69) is 0 Å². The van der Waals surface area contributed by atoms with Crippen LogP contribution in [0.3, 0.4) is 0 Å². The van der Waals surface area contributed by atoms with Crippen LogP contribution in [0, 0.1) is 0 Å². The standard InChI is InChI=1S/C10H11NO2S/c11-4-3-6-5-7-9(14-6)2-1-8(12)10(7)13/h1-2,5,12-13H,3-4,11H2. The Kier molecular flexibility index (Phi) is 2.31. The van der Waals surface area contributed by atoms with Crippen LogP contribution in [-0.2, 0) is 6.42 Å². The molecule has 3 nitrogen and oxygen atoms in total. The number of phenolic OH excluding ortho intramolecular Hbond substituents is 2. The molecule has 1 aromatic heterocycles. The first kappa shape index (κ1) is 9.30. The first-order valence-electron chi connectivity index (χ1n) is 4.36. The van der Waals surface area contributed by atoms with Crippen LogP contribution in [0.1, 0.15) is 4.88 Å². The van der Waals surface area contributed by atoms with Gasteiger partial charge in [0, 0.05) is 15.0 Å². The summed E-state index contributed by atoms with van der Waals surface area (Å²) in [5.41, 5.74) is 5.45. The van der Waals surface area contributed by atoms with Crippen molar-refractivity contribution in [2.75, 3.05) is 6.54 Å². The third-order valence-corrected chi connectivity index (χ3v) is 3.25. The van der Waals surface area contributed by atoms with E-state index in [0.29, 0.717) is 11.9 Å². The van der Waals surface area contributed by atoms with E-state index < -0.39 is 0 Å². The number of rotatable bonds is 2. The van der Waals surface area contributed by atoms with Gasteiger partial charge < -0.3 is 15.9 Å². The molecule has 2 aromatic rings. The molecule has 0 aliphatic rings. The number of hydrogen-bond donors (Lipinski definition) is 3. The Bertz CT molecular complexity index is 464. The van der Waals surface area contributed by atoms with Gasteiger partial charge in [0.2, 0.25) is 0 Å². The van der Waals surface area contributed by atoms with Crippen molar-refractivity contribution in [3.05, 3.63) is 23.1 Å². The molecule has 0 spiro atoms. The van der Waals surface area contributed by atoms with Crippen molar-refractivity contribution in [2.24, 2.45) is 5.73 Å². The summed E-state index contributed by atoms with van der Waals surface area (Å²) in [5, 5.41) is 19.6. The molecule has 0 saturated carbocycles. The predicted octanol–water partition coefficient (Wildman–Crippen LogP) is 1.81. The summed E-state index contributed by atoms with van der Waals surface area (Å²) in [4.78, 5) is 1.13. The van der Waals surface area contributed by atoms with Crippen molar-refractivity contribution in [1.29, 1.82) is 0 Å². The summed E-state index contributed by atoms with van der Waals surface area (Å²) >= 11 is 1.59. The summed E-state index contributed by atoms with van der Waals surface area (Å²) in [5.74, 6) is -0.114. The van der Waals surface area contributed by atoms with Crippen LogP contribution >= 0.6 is 11.3 Å². The average molecular weight is 209 g/mol. The van der Waals surface area contributed by atoms with Gasteiger partial charge in [-0.05, 0) is 31.2 Å².